The van der Waals surface area contributed by atoms with Crippen LogP contribution in [0.4, 0.5) is 5.69 Å². The van der Waals surface area contributed by atoms with E-state index >= 15 is 0 Å². The summed E-state index contributed by atoms with van der Waals surface area (Å²) in [5, 5.41) is 7.52. The molecule has 5 heteroatoms. The molecule has 5 nitrogen and oxygen atoms in total. The van der Waals surface area contributed by atoms with Gasteiger partial charge in [0.25, 0.3) is 0 Å². The Morgan fingerprint density at radius 1 is 1.07 bits per heavy atom. The number of nitrogens with one attached hydrogen (secondary N) is 3. The van der Waals surface area contributed by atoms with Gasteiger partial charge in [0, 0.05) is 35.8 Å². The fourth-order valence-corrected chi connectivity index (χ4v) is 3.00. The van der Waals surface area contributed by atoms with Crippen molar-refractivity contribution in [3.8, 4) is 5.75 Å². The molecular formula is C22H27N3O2. The topological polar surface area (TPSA) is 66.2 Å². The minimum absolute atomic E-state index is 0.00659. The number of hydrogen-bond donors (Lipinski definition) is 3. The summed E-state index contributed by atoms with van der Waals surface area (Å²) in [7, 11) is 0. The van der Waals surface area contributed by atoms with Crippen molar-refractivity contribution in [3.63, 3.8) is 0 Å². The van der Waals surface area contributed by atoms with E-state index in [1.165, 1.54) is 10.9 Å². The number of carbonyl (C=O) groups is 1. The lowest BCUT2D eigenvalue weighted by molar-refractivity contribution is -0.116. The number of ether oxygens (including phenoxy) is 1. The molecule has 1 amide bonds. The third-order valence-electron chi connectivity index (χ3n) is 4.28. The van der Waals surface area contributed by atoms with Crippen molar-refractivity contribution in [2.45, 2.75) is 32.8 Å². The first-order valence-corrected chi connectivity index (χ1v) is 9.44. The number of aromatic amines is 1. The van der Waals surface area contributed by atoms with Crippen LogP contribution in [-0.4, -0.2) is 30.1 Å². The molecule has 0 unspecified atom stereocenters. The molecule has 3 N–H and O–H groups in total. The van der Waals surface area contributed by atoms with Crippen LogP contribution in [0.3, 0.4) is 0 Å². The quantitative estimate of drug-likeness (QED) is 0.500. The summed E-state index contributed by atoms with van der Waals surface area (Å²) in [4.78, 5) is 15.3. The van der Waals surface area contributed by atoms with Gasteiger partial charge in [-0.05, 0) is 62.7 Å². The number of rotatable bonds is 9. The van der Waals surface area contributed by atoms with Crippen molar-refractivity contribution in [2.24, 2.45) is 0 Å². The number of carbonyl (C=O) groups excluding carboxylic acids is 1. The van der Waals surface area contributed by atoms with Crippen LogP contribution in [0.15, 0.2) is 54.7 Å². The Morgan fingerprint density at radius 2 is 1.85 bits per heavy atom. The summed E-state index contributed by atoms with van der Waals surface area (Å²) in [5.74, 6) is 0.814. The largest absolute Gasteiger partial charge is 0.491 e. The van der Waals surface area contributed by atoms with Gasteiger partial charge in [-0.2, -0.15) is 0 Å². The number of aromatic nitrogens is 1. The van der Waals surface area contributed by atoms with E-state index in [2.05, 4.69) is 40.0 Å². The molecule has 0 spiro atoms. The Kier molecular flexibility index (Phi) is 6.49. The maximum absolute atomic E-state index is 12.1. The number of anilines is 1. The van der Waals surface area contributed by atoms with Crippen LogP contribution in [0.1, 0.15) is 25.8 Å². The molecule has 2 aromatic carbocycles. The molecule has 0 atom stereocenters. The monoisotopic (exact) mass is 365 g/mol. The van der Waals surface area contributed by atoms with Crippen LogP contribution in [0.5, 0.6) is 5.75 Å². The van der Waals surface area contributed by atoms with Gasteiger partial charge in [-0.3, -0.25) is 4.79 Å². The van der Waals surface area contributed by atoms with Crippen LogP contribution < -0.4 is 15.4 Å². The zero-order valence-corrected chi connectivity index (χ0v) is 15.9. The van der Waals surface area contributed by atoms with Crippen molar-refractivity contribution in [2.75, 3.05) is 18.4 Å². The van der Waals surface area contributed by atoms with Gasteiger partial charge in [0.2, 0.25) is 5.91 Å². The molecule has 0 aliphatic heterocycles. The summed E-state index contributed by atoms with van der Waals surface area (Å²) < 4.78 is 5.60. The molecular weight excluding hydrogens is 338 g/mol. The average molecular weight is 365 g/mol. The first kappa shape index (κ1) is 19.0. The van der Waals surface area contributed by atoms with Gasteiger partial charge >= 0.3 is 0 Å². The number of para-hydroxylation sites is 1. The Labute approximate surface area is 160 Å². The summed E-state index contributed by atoms with van der Waals surface area (Å²) in [6.45, 7) is 5.47. The fraction of sp³-hybridized carbons (Fsp3) is 0.318. The summed E-state index contributed by atoms with van der Waals surface area (Å²) in [6, 6.07) is 15.8. The fourth-order valence-electron chi connectivity index (χ4n) is 3.00. The zero-order valence-electron chi connectivity index (χ0n) is 15.9. The number of fused-ring (bicyclic) bond motifs is 1. The van der Waals surface area contributed by atoms with E-state index in [0.717, 1.165) is 29.9 Å². The highest BCUT2D eigenvalue weighted by Crippen LogP contribution is 2.18. The van der Waals surface area contributed by atoms with E-state index in [0.29, 0.717) is 13.0 Å². The molecule has 1 aromatic heterocycles. The minimum Gasteiger partial charge on any atom is -0.491 e. The van der Waals surface area contributed by atoms with Gasteiger partial charge < -0.3 is 20.4 Å². The molecule has 3 aromatic rings. The second-order valence-electron chi connectivity index (χ2n) is 6.85. The standard InChI is InChI=1S/C22H27N3O2/c1-16(2)27-19-9-7-18(8-10-19)25-22(26)12-14-23-13-11-17-15-24-21-6-4-3-5-20(17)21/h3-10,15-16,23-24H,11-14H2,1-2H3,(H,25,26). The maximum atomic E-state index is 12.1. The molecule has 0 saturated heterocycles. The second-order valence-corrected chi connectivity index (χ2v) is 6.85. The third-order valence-corrected chi connectivity index (χ3v) is 4.28. The Morgan fingerprint density at radius 3 is 2.63 bits per heavy atom. The molecule has 0 fully saturated rings. The van der Waals surface area contributed by atoms with Crippen LogP contribution >= 0.6 is 0 Å². The van der Waals surface area contributed by atoms with E-state index in [4.69, 9.17) is 4.74 Å². The summed E-state index contributed by atoms with van der Waals surface area (Å²) >= 11 is 0. The molecule has 3 rings (SSSR count). The molecule has 0 radical (unpaired) electrons. The lowest BCUT2D eigenvalue weighted by Crippen LogP contribution is -2.23. The predicted octanol–water partition coefficient (Wildman–Crippen LogP) is 4.12. The van der Waals surface area contributed by atoms with Crippen LogP contribution in [0, 0.1) is 0 Å². The van der Waals surface area contributed by atoms with Crippen molar-refractivity contribution in [3.05, 3.63) is 60.3 Å². The number of benzene rings is 2. The third kappa shape index (κ3) is 5.59. The van der Waals surface area contributed by atoms with Crippen LogP contribution in [0.25, 0.3) is 10.9 Å². The van der Waals surface area contributed by atoms with E-state index in [9.17, 15) is 4.79 Å². The van der Waals surface area contributed by atoms with Crippen molar-refractivity contribution >= 4 is 22.5 Å². The van der Waals surface area contributed by atoms with E-state index in [-0.39, 0.29) is 12.0 Å². The highest BCUT2D eigenvalue weighted by atomic mass is 16.5. The SMILES string of the molecule is CC(C)Oc1ccc(NC(=O)CCNCCc2c[nH]c3ccccc23)cc1. The molecule has 0 saturated carbocycles. The predicted molar refractivity (Wildman–Crippen MR) is 110 cm³/mol. The van der Waals surface area contributed by atoms with Gasteiger partial charge in [0.15, 0.2) is 0 Å². The molecule has 1 heterocycles. The smallest absolute Gasteiger partial charge is 0.225 e. The summed E-state index contributed by atoms with van der Waals surface area (Å²) in [6.07, 6.45) is 3.58. The number of H-pyrrole nitrogens is 1. The van der Waals surface area contributed by atoms with E-state index in [1.807, 2.05) is 44.2 Å². The van der Waals surface area contributed by atoms with Gasteiger partial charge in [-0.1, -0.05) is 18.2 Å². The van der Waals surface area contributed by atoms with Gasteiger partial charge in [0.05, 0.1) is 6.10 Å². The molecule has 0 aliphatic rings. The Balaban J connectivity index is 1.36. The van der Waals surface area contributed by atoms with E-state index < -0.39 is 0 Å². The summed E-state index contributed by atoms with van der Waals surface area (Å²) in [5.41, 5.74) is 3.25. The van der Waals surface area contributed by atoms with Crippen LogP contribution in [-0.2, 0) is 11.2 Å². The number of amides is 1. The minimum atomic E-state index is 0.00659. The molecule has 0 bridgehead atoms. The van der Waals surface area contributed by atoms with Gasteiger partial charge in [-0.15, -0.1) is 0 Å². The molecule has 0 aliphatic carbocycles. The van der Waals surface area contributed by atoms with Crippen molar-refractivity contribution in [1.29, 1.82) is 0 Å². The van der Waals surface area contributed by atoms with Crippen molar-refractivity contribution in [1.82, 2.24) is 10.3 Å². The second kappa shape index (κ2) is 9.24. The highest BCUT2D eigenvalue weighted by molar-refractivity contribution is 5.90. The normalized spacial score (nSPS) is 11.1. The number of hydrogen-bond acceptors (Lipinski definition) is 3. The van der Waals surface area contributed by atoms with E-state index in [1.54, 1.807) is 0 Å². The lowest BCUT2D eigenvalue weighted by Gasteiger charge is -2.11. The zero-order chi connectivity index (χ0) is 19.1. The van der Waals surface area contributed by atoms with Crippen molar-refractivity contribution < 1.29 is 9.53 Å². The first-order chi connectivity index (χ1) is 13.1. The maximum Gasteiger partial charge on any atom is 0.225 e. The average Bonchev–Trinajstić information content (AvgIpc) is 3.06. The molecule has 27 heavy (non-hydrogen) atoms. The Bertz CT molecular complexity index is 869. The van der Waals surface area contributed by atoms with Gasteiger partial charge in [-0.25, -0.2) is 0 Å². The van der Waals surface area contributed by atoms with Crippen LogP contribution in [0.2, 0.25) is 0 Å². The Hall–Kier alpha value is -2.79. The van der Waals surface area contributed by atoms with Gasteiger partial charge in [0.1, 0.15) is 5.75 Å². The lowest BCUT2D eigenvalue weighted by atomic mass is 10.1. The first-order valence-electron chi connectivity index (χ1n) is 9.44. The molecule has 142 valence electrons. The highest BCUT2D eigenvalue weighted by Gasteiger charge is 2.05.